The van der Waals surface area contributed by atoms with E-state index in [4.69, 9.17) is 16.3 Å². The molecule has 0 bridgehead atoms. The fourth-order valence-electron chi connectivity index (χ4n) is 2.84. The van der Waals surface area contributed by atoms with Gasteiger partial charge in [0.05, 0.1) is 5.69 Å². The number of hydrogen-bond acceptors (Lipinski definition) is 4. The van der Waals surface area contributed by atoms with Gasteiger partial charge in [-0.05, 0) is 48.9 Å². The van der Waals surface area contributed by atoms with Crippen LogP contribution < -0.4 is 10.2 Å². The number of nitrogens with zero attached hydrogens (tertiary/aromatic N) is 1. The monoisotopic (exact) mass is 404 g/mol. The van der Waals surface area contributed by atoms with Gasteiger partial charge in [-0.25, -0.2) is 0 Å². The summed E-state index contributed by atoms with van der Waals surface area (Å²) >= 11 is 7.61. The van der Waals surface area contributed by atoms with Gasteiger partial charge in [-0.2, -0.15) is 0 Å². The van der Waals surface area contributed by atoms with Crippen LogP contribution in [0, 0.1) is 0 Å². The number of nitrogens with one attached hydrogen (secondary N) is 1. The van der Waals surface area contributed by atoms with Crippen molar-refractivity contribution in [1.29, 1.82) is 0 Å². The van der Waals surface area contributed by atoms with Gasteiger partial charge in [-0.1, -0.05) is 11.6 Å². The van der Waals surface area contributed by atoms with E-state index < -0.39 is 0 Å². The summed E-state index contributed by atoms with van der Waals surface area (Å²) in [6.45, 7) is 1.74. The zero-order valence-electron chi connectivity index (χ0n) is 15.0. The number of carbonyl (C=O) groups is 2. The first-order valence-electron chi connectivity index (χ1n) is 8.71. The molecule has 0 radical (unpaired) electrons. The number of methoxy groups -OCH3 is 1. The minimum absolute atomic E-state index is 0.0918. The van der Waals surface area contributed by atoms with Crippen molar-refractivity contribution in [2.45, 2.75) is 11.3 Å². The molecule has 0 saturated carbocycles. The molecule has 0 aromatic heterocycles. The first kappa shape index (κ1) is 19.7. The largest absolute Gasteiger partial charge is 0.385 e. The van der Waals surface area contributed by atoms with Crippen LogP contribution in [0.5, 0.6) is 0 Å². The molecular weight excluding hydrogens is 384 g/mol. The average molecular weight is 405 g/mol. The number of benzene rings is 2. The molecule has 2 aromatic carbocycles. The molecule has 1 heterocycles. The lowest BCUT2D eigenvalue weighted by Gasteiger charge is -2.29. The van der Waals surface area contributed by atoms with Gasteiger partial charge < -0.3 is 15.0 Å². The van der Waals surface area contributed by atoms with Gasteiger partial charge in [0.25, 0.3) is 11.8 Å². The first-order valence-corrected chi connectivity index (χ1v) is 10.1. The number of thioether (sulfide) groups is 1. The molecular formula is C20H21ClN2O3S. The third-order valence-electron chi connectivity index (χ3n) is 4.23. The van der Waals surface area contributed by atoms with Crippen LogP contribution in [0.3, 0.4) is 0 Å². The highest BCUT2D eigenvalue weighted by atomic mass is 35.5. The zero-order valence-corrected chi connectivity index (χ0v) is 16.6. The Balaban J connectivity index is 1.80. The van der Waals surface area contributed by atoms with E-state index in [-0.39, 0.29) is 11.8 Å². The topological polar surface area (TPSA) is 58.6 Å². The highest BCUT2D eigenvalue weighted by molar-refractivity contribution is 7.99. The van der Waals surface area contributed by atoms with Crippen molar-refractivity contribution in [2.75, 3.05) is 37.5 Å². The molecule has 7 heteroatoms. The molecule has 0 atom stereocenters. The summed E-state index contributed by atoms with van der Waals surface area (Å²) in [6, 6.07) is 12.4. The molecule has 2 aromatic rings. The first-order chi connectivity index (χ1) is 13.1. The Morgan fingerprint density at radius 1 is 1.19 bits per heavy atom. The van der Waals surface area contributed by atoms with Crippen molar-refractivity contribution in [1.82, 2.24) is 5.32 Å². The number of hydrogen-bond donors (Lipinski definition) is 1. The van der Waals surface area contributed by atoms with Crippen LogP contribution >= 0.6 is 23.4 Å². The molecule has 2 amide bonds. The number of ether oxygens (including phenoxy) is 1. The van der Waals surface area contributed by atoms with Crippen LogP contribution in [0.1, 0.15) is 27.1 Å². The molecule has 0 spiro atoms. The predicted molar refractivity (Wildman–Crippen MR) is 109 cm³/mol. The SMILES string of the molecule is COCCCNC(=O)c1ccc2c(c1)N(C(=O)c1ccc(Cl)cc1)CCS2. The van der Waals surface area contributed by atoms with Crippen molar-refractivity contribution in [2.24, 2.45) is 0 Å². The second-order valence-electron chi connectivity index (χ2n) is 6.10. The van der Waals surface area contributed by atoms with Crippen molar-refractivity contribution < 1.29 is 14.3 Å². The number of fused-ring (bicyclic) bond motifs is 1. The van der Waals surface area contributed by atoms with E-state index in [9.17, 15) is 9.59 Å². The summed E-state index contributed by atoms with van der Waals surface area (Å²) in [4.78, 5) is 28.1. The smallest absolute Gasteiger partial charge is 0.258 e. The van der Waals surface area contributed by atoms with Crippen LogP contribution in [-0.2, 0) is 4.74 Å². The number of halogens is 1. The van der Waals surface area contributed by atoms with Crippen LogP contribution in [0.2, 0.25) is 5.02 Å². The Hall–Kier alpha value is -2.02. The molecule has 142 valence electrons. The standard InChI is InChI=1S/C20H21ClN2O3S/c1-26-11-2-9-22-19(24)15-5-8-18-17(13-15)23(10-12-27-18)20(25)14-3-6-16(21)7-4-14/h3-8,13H,2,9-12H2,1H3,(H,22,24). The maximum atomic E-state index is 13.0. The highest BCUT2D eigenvalue weighted by Crippen LogP contribution is 2.36. The fraction of sp³-hybridized carbons (Fsp3) is 0.300. The summed E-state index contributed by atoms with van der Waals surface area (Å²) < 4.78 is 4.99. The van der Waals surface area contributed by atoms with Crippen LogP contribution in [-0.4, -0.2) is 44.4 Å². The Bertz CT molecular complexity index is 826. The van der Waals surface area contributed by atoms with Gasteiger partial charge >= 0.3 is 0 Å². The summed E-state index contributed by atoms with van der Waals surface area (Å²) in [5.74, 6) is 0.573. The molecule has 5 nitrogen and oxygen atoms in total. The molecule has 1 aliphatic heterocycles. The van der Waals surface area contributed by atoms with E-state index in [0.29, 0.717) is 35.8 Å². The van der Waals surface area contributed by atoms with Crippen molar-refractivity contribution in [3.8, 4) is 0 Å². The minimum atomic E-state index is -0.150. The highest BCUT2D eigenvalue weighted by Gasteiger charge is 2.25. The van der Waals surface area contributed by atoms with Gasteiger partial charge in [-0.15, -0.1) is 11.8 Å². The van der Waals surface area contributed by atoms with E-state index in [1.165, 1.54) is 0 Å². The summed E-state index contributed by atoms with van der Waals surface area (Å²) in [6.07, 6.45) is 0.754. The minimum Gasteiger partial charge on any atom is -0.385 e. The molecule has 0 saturated heterocycles. The summed E-state index contributed by atoms with van der Waals surface area (Å²) in [7, 11) is 1.63. The normalized spacial score (nSPS) is 13.2. The average Bonchev–Trinajstić information content (AvgIpc) is 2.70. The number of carbonyl (C=O) groups excluding carboxylic acids is 2. The lowest BCUT2D eigenvalue weighted by molar-refractivity contribution is 0.0945. The van der Waals surface area contributed by atoms with Crippen LogP contribution in [0.25, 0.3) is 0 Å². The molecule has 0 fully saturated rings. The molecule has 1 N–H and O–H groups in total. The lowest BCUT2D eigenvalue weighted by Crippen LogP contribution is -2.35. The molecule has 0 unspecified atom stereocenters. The fourth-order valence-corrected chi connectivity index (χ4v) is 3.94. The second-order valence-corrected chi connectivity index (χ2v) is 7.67. The van der Waals surface area contributed by atoms with Gasteiger partial charge in [0.1, 0.15) is 0 Å². The maximum absolute atomic E-state index is 13.0. The van der Waals surface area contributed by atoms with Crippen LogP contribution in [0.4, 0.5) is 5.69 Å². The van der Waals surface area contributed by atoms with Crippen molar-refractivity contribution in [3.05, 3.63) is 58.6 Å². The Morgan fingerprint density at radius 3 is 2.67 bits per heavy atom. The van der Waals surface area contributed by atoms with E-state index in [0.717, 1.165) is 22.8 Å². The van der Waals surface area contributed by atoms with E-state index in [1.807, 2.05) is 6.07 Å². The van der Waals surface area contributed by atoms with Gasteiger partial charge in [0.15, 0.2) is 0 Å². The van der Waals surface area contributed by atoms with Gasteiger partial charge in [-0.3, -0.25) is 9.59 Å². The number of amides is 2. The van der Waals surface area contributed by atoms with Gasteiger partial charge in [0.2, 0.25) is 0 Å². The second kappa shape index (κ2) is 9.26. The van der Waals surface area contributed by atoms with E-state index in [2.05, 4.69) is 5.32 Å². The molecule has 27 heavy (non-hydrogen) atoms. The summed E-state index contributed by atoms with van der Waals surface area (Å²) in [5, 5.41) is 3.47. The van der Waals surface area contributed by atoms with Crippen LogP contribution in [0.15, 0.2) is 47.4 Å². The van der Waals surface area contributed by atoms with E-state index in [1.54, 1.807) is 60.2 Å². The van der Waals surface area contributed by atoms with Crippen molar-refractivity contribution >= 4 is 40.9 Å². The molecule has 1 aliphatic rings. The predicted octanol–water partition coefficient (Wildman–Crippen LogP) is 3.86. The van der Waals surface area contributed by atoms with E-state index >= 15 is 0 Å². The quantitative estimate of drug-likeness (QED) is 0.743. The van der Waals surface area contributed by atoms with Gasteiger partial charge in [0, 0.05) is 53.6 Å². The zero-order chi connectivity index (χ0) is 19.2. The third kappa shape index (κ3) is 4.83. The Kier molecular flexibility index (Phi) is 6.77. The Morgan fingerprint density at radius 2 is 1.93 bits per heavy atom. The maximum Gasteiger partial charge on any atom is 0.258 e. The van der Waals surface area contributed by atoms with Crippen molar-refractivity contribution in [3.63, 3.8) is 0 Å². The number of anilines is 1. The molecule has 3 rings (SSSR count). The third-order valence-corrected chi connectivity index (χ3v) is 5.53. The number of rotatable bonds is 6. The molecule has 0 aliphatic carbocycles. The lowest BCUT2D eigenvalue weighted by atomic mass is 10.1. The summed E-state index contributed by atoms with van der Waals surface area (Å²) in [5.41, 5.74) is 1.89. The Labute approximate surface area is 168 Å².